The third-order valence-electron chi connectivity index (χ3n) is 0.767. The number of hydrogen-bond acceptors (Lipinski definition) is 2. The standard InChI is InChI=1S/C8H16S2/c1-7(2)5-6-9-10-8(3)4/h5-8H,1-4H3/b6-5+. The van der Waals surface area contributed by atoms with Crippen LogP contribution in [0.2, 0.25) is 0 Å². The van der Waals surface area contributed by atoms with E-state index in [4.69, 9.17) is 0 Å². The fourth-order valence-electron chi connectivity index (χ4n) is 0.332. The van der Waals surface area contributed by atoms with Gasteiger partial charge in [0, 0.05) is 5.25 Å². The molecule has 0 amide bonds. The van der Waals surface area contributed by atoms with Gasteiger partial charge in [0.2, 0.25) is 0 Å². The van der Waals surface area contributed by atoms with Crippen molar-refractivity contribution in [2.45, 2.75) is 32.9 Å². The highest BCUT2D eigenvalue weighted by molar-refractivity contribution is 8.78. The van der Waals surface area contributed by atoms with E-state index in [1.807, 2.05) is 21.6 Å². The van der Waals surface area contributed by atoms with Crippen LogP contribution in [-0.4, -0.2) is 5.25 Å². The topological polar surface area (TPSA) is 0 Å². The van der Waals surface area contributed by atoms with Gasteiger partial charge in [-0.05, 0) is 11.3 Å². The average Bonchev–Trinajstić information content (AvgIpc) is 1.79. The van der Waals surface area contributed by atoms with Crippen molar-refractivity contribution < 1.29 is 0 Å². The first-order valence-electron chi connectivity index (χ1n) is 3.61. The normalized spacial score (nSPS) is 12.2. The summed E-state index contributed by atoms with van der Waals surface area (Å²) in [5, 5.41) is 2.90. The smallest absolute Gasteiger partial charge is 0.00976 e. The highest BCUT2D eigenvalue weighted by Crippen LogP contribution is 2.27. The molecule has 0 heterocycles. The summed E-state index contributed by atoms with van der Waals surface area (Å²) in [6.45, 7) is 8.80. The Morgan fingerprint density at radius 3 is 2.10 bits per heavy atom. The van der Waals surface area contributed by atoms with Crippen molar-refractivity contribution in [2.24, 2.45) is 5.92 Å². The third-order valence-corrected chi connectivity index (χ3v) is 3.35. The summed E-state index contributed by atoms with van der Waals surface area (Å²) in [5.41, 5.74) is 0. The zero-order chi connectivity index (χ0) is 7.98. The molecule has 0 aromatic heterocycles. The molecule has 0 N–H and O–H groups in total. The molecule has 0 aliphatic heterocycles. The Morgan fingerprint density at radius 2 is 1.70 bits per heavy atom. The fraction of sp³-hybridized carbons (Fsp3) is 0.750. The first-order valence-corrected chi connectivity index (χ1v) is 5.89. The summed E-state index contributed by atoms with van der Waals surface area (Å²) in [6.07, 6.45) is 2.22. The van der Waals surface area contributed by atoms with E-state index in [-0.39, 0.29) is 0 Å². The lowest BCUT2D eigenvalue weighted by atomic mass is 10.2. The molecule has 0 aromatic rings. The van der Waals surface area contributed by atoms with Crippen LogP contribution in [0.5, 0.6) is 0 Å². The van der Waals surface area contributed by atoms with Gasteiger partial charge in [0.25, 0.3) is 0 Å². The van der Waals surface area contributed by atoms with Gasteiger partial charge < -0.3 is 0 Å². The summed E-state index contributed by atoms with van der Waals surface area (Å²) in [7, 11) is 3.73. The quantitative estimate of drug-likeness (QED) is 0.595. The predicted molar refractivity (Wildman–Crippen MR) is 54.3 cm³/mol. The Balaban J connectivity index is 3.19. The monoisotopic (exact) mass is 176 g/mol. The molecule has 10 heavy (non-hydrogen) atoms. The maximum absolute atomic E-state index is 2.22. The molecule has 0 aromatic carbocycles. The SMILES string of the molecule is CC(C)/C=C/SSC(C)C. The Hall–Kier alpha value is 0.440. The second-order valence-corrected chi connectivity index (χ2v) is 5.57. The molecule has 0 aliphatic carbocycles. The van der Waals surface area contributed by atoms with Gasteiger partial charge in [0.15, 0.2) is 0 Å². The van der Waals surface area contributed by atoms with Crippen LogP contribution in [0.1, 0.15) is 27.7 Å². The lowest BCUT2D eigenvalue weighted by molar-refractivity contribution is 0.834. The lowest BCUT2D eigenvalue weighted by Crippen LogP contribution is -1.79. The van der Waals surface area contributed by atoms with Gasteiger partial charge in [-0.3, -0.25) is 0 Å². The Morgan fingerprint density at radius 1 is 1.10 bits per heavy atom. The molecule has 0 nitrogen and oxygen atoms in total. The molecule has 0 saturated heterocycles. The van der Waals surface area contributed by atoms with E-state index in [1.54, 1.807) is 0 Å². The van der Waals surface area contributed by atoms with Crippen molar-refractivity contribution >= 4 is 21.6 Å². The van der Waals surface area contributed by atoms with Crippen LogP contribution in [0.25, 0.3) is 0 Å². The number of rotatable bonds is 4. The van der Waals surface area contributed by atoms with Crippen LogP contribution in [0.4, 0.5) is 0 Å². The van der Waals surface area contributed by atoms with Crippen molar-refractivity contribution in [1.29, 1.82) is 0 Å². The zero-order valence-corrected chi connectivity index (χ0v) is 8.76. The maximum atomic E-state index is 2.22. The van der Waals surface area contributed by atoms with Gasteiger partial charge in [0.05, 0.1) is 0 Å². The molecule has 0 spiro atoms. The van der Waals surface area contributed by atoms with Crippen LogP contribution < -0.4 is 0 Å². The van der Waals surface area contributed by atoms with E-state index in [0.717, 1.165) is 5.25 Å². The molecule has 0 rings (SSSR count). The van der Waals surface area contributed by atoms with E-state index in [9.17, 15) is 0 Å². The van der Waals surface area contributed by atoms with Crippen LogP contribution >= 0.6 is 21.6 Å². The Bertz CT molecular complexity index is 95.4. The van der Waals surface area contributed by atoms with Gasteiger partial charge >= 0.3 is 0 Å². The lowest BCUT2D eigenvalue weighted by Gasteiger charge is -1.98. The van der Waals surface area contributed by atoms with Crippen LogP contribution in [-0.2, 0) is 0 Å². The molecular weight excluding hydrogens is 160 g/mol. The van der Waals surface area contributed by atoms with Crippen LogP contribution in [0.3, 0.4) is 0 Å². The van der Waals surface area contributed by atoms with Gasteiger partial charge in [0.1, 0.15) is 0 Å². The first-order chi connectivity index (χ1) is 4.63. The molecule has 0 fully saturated rings. The van der Waals surface area contributed by atoms with E-state index in [2.05, 4.69) is 39.2 Å². The summed E-state index contributed by atoms with van der Waals surface area (Å²) < 4.78 is 0. The van der Waals surface area contributed by atoms with Gasteiger partial charge in [-0.15, -0.1) is 0 Å². The molecule has 0 bridgehead atoms. The minimum absolute atomic E-state index is 0.681. The summed E-state index contributed by atoms with van der Waals surface area (Å²) in [5.74, 6) is 0.681. The third kappa shape index (κ3) is 8.44. The minimum Gasteiger partial charge on any atom is -0.0867 e. The maximum Gasteiger partial charge on any atom is 0.00976 e. The summed E-state index contributed by atoms with van der Waals surface area (Å²) in [4.78, 5) is 0. The molecular formula is C8H16S2. The molecule has 0 saturated carbocycles. The second kappa shape index (κ2) is 6.17. The number of allylic oxidation sites excluding steroid dienone is 1. The van der Waals surface area contributed by atoms with E-state index >= 15 is 0 Å². The number of hydrogen-bond donors (Lipinski definition) is 0. The van der Waals surface area contributed by atoms with E-state index < -0.39 is 0 Å². The van der Waals surface area contributed by atoms with E-state index in [1.165, 1.54) is 0 Å². The van der Waals surface area contributed by atoms with Gasteiger partial charge in [-0.25, -0.2) is 0 Å². The van der Waals surface area contributed by atoms with Gasteiger partial charge in [-0.1, -0.05) is 55.4 Å². The second-order valence-electron chi connectivity index (χ2n) is 2.81. The first kappa shape index (κ1) is 10.4. The van der Waals surface area contributed by atoms with Crippen LogP contribution in [0.15, 0.2) is 11.5 Å². The van der Waals surface area contributed by atoms with Crippen molar-refractivity contribution in [1.82, 2.24) is 0 Å². The molecule has 0 unspecified atom stereocenters. The average molecular weight is 176 g/mol. The minimum atomic E-state index is 0.681. The van der Waals surface area contributed by atoms with Crippen molar-refractivity contribution in [2.75, 3.05) is 0 Å². The van der Waals surface area contributed by atoms with Crippen molar-refractivity contribution in [3.63, 3.8) is 0 Å². The van der Waals surface area contributed by atoms with Crippen molar-refractivity contribution in [3.05, 3.63) is 11.5 Å². The van der Waals surface area contributed by atoms with E-state index in [0.29, 0.717) is 5.92 Å². The molecule has 0 atom stereocenters. The Kier molecular flexibility index (Phi) is 6.44. The summed E-state index contributed by atoms with van der Waals surface area (Å²) in [6, 6.07) is 0. The molecule has 0 radical (unpaired) electrons. The highest BCUT2D eigenvalue weighted by Gasteiger charge is 1.90. The Labute approximate surface area is 72.3 Å². The zero-order valence-electron chi connectivity index (χ0n) is 7.13. The summed E-state index contributed by atoms with van der Waals surface area (Å²) >= 11 is 0. The highest BCUT2D eigenvalue weighted by atomic mass is 33.1. The predicted octanol–water partition coefficient (Wildman–Crippen LogP) is 3.95. The molecule has 0 aliphatic rings. The van der Waals surface area contributed by atoms with Crippen molar-refractivity contribution in [3.8, 4) is 0 Å². The molecule has 2 heteroatoms. The van der Waals surface area contributed by atoms with Crippen LogP contribution in [0, 0.1) is 5.92 Å². The van der Waals surface area contributed by atoms with Gasteiger partial charge in [-0.2, -0.15) is 0 Å². The largest absolute Gasteiger partial charge is 0.0867 e. The molecule has 60 valence electrons. The fourth-order valence-corrected chi connectivity index (χ4v) is 2.05.